The fraction of sp³-hybridized carbons (Fsp3) is 0.529. The third-order valence-corrected chi connectivity index (χ3v) is 4.64. The first-order valence-electron chi connectivity index (χ1n) is 7.73. The number of hydrogen-bond donors (Lipinski definition) is 0. The van der Waals surface area contributed by atoms with Crippen molar-refractivity contribution in [2.45, 2.75) is 39.8 Å². The molecule has 1 fully saturated rings. The molecule has 0 bridgehead atoms. The van der Waals surface area contributed by atoms with Gasteiger partial charge in [0.2, 0.25) is 0 Å². The van der Waals surface area contributed by atoms with Crippen LogP contribution in [0.25, 0.3) is 10.9 Å². The number of fused-ring (bicyclic) bond motifs is 1. The van der Waals surface area contributed by atoms with Gasteiger partial charge in [-0.25, -0.2) is 0 Å². The molecule has 1 saturated heterocycles. The van der Waals surface area contributed by atoms with Crippen LogP contribution in [0, 0.1) is 16.7 Å². The van der Waals surface area contributed by atoms with E-state index in [0.29, 0.717) is 0 Å². The van der Waals surface area contributed by atoms with Crippen molar-refractivity contribution in [2.75, 3.05) is 13.1 Å². The molecule has 0 unspecified atom stereocenters. The van der Waals surface area contributed by atoms with Gasteiger partial charge in [-0.3, -0.25) is 9.58 Å². The Morgan fingerprint density at radius 2 is 2.00 bits per heavy atom. The Bertz CT molecular complexity index is 672. The molecular weight excluding hydrogens is 260 g/mol. The summed E-state index contributed by atoms with van der Waals surface area (Å²) in [5.41, 5.74) is 2.24. The third-order valence-electron chi connectivity index (χ3n) is 4.64. The number of para-hydroxylation sites is 1. The Morgan fingerprint density at radius 3 is 2.67 bits per heavy atom. The molecule has 0 N–H and O–H groups in total. The molecule has 0 saturated carbocycles. The van der Waals surface area contributed by atoms with Gasteiger partial charge in [-0.2, -0.15) is 10.4 Å². The van der Waals surface area contributed by atoms with Crippen LogP contribution in [-0.2, 0) is 13.1 Å². The molecule has 21 heavy (non-hydrogen) atoms. The van der Waals surface area contributed by atoms with Gasteiger partial charge < -0.3 is 0 Å². The van der Waals surface area contributed by atoms with E-state index >= 15 is 0 Å². The van der Waals surface area contributed by atoms with E-state index in [2.05, 4.69) is 53.8 Å². The van der Waals surface area contributed by atoms with Crippen LogP contribution < -0.4 is 0 Å². The first kappa shape index (κ1) is 14.1. The summed E-state index contributed by atoms with van der Waals surface area (Å²) < 4.78 is 2.08. The maximum absolute atomic E-state index is 9.22. The first-order valence-corrected chi connectivity index (χ1v) is 7.73. The number of rotatable bonds is 3. The van der Waals surface area contributed by atoms with Gasteiger partial charge in [0.05, 0.1) is 22.7 Å². The monoisotopic (exact) mass is 282 g/mol. The molecule has 1 aliphatic rings. The summed E-state index contributed by atoms with van der Waals surface area (Å²) in [5.74, 6) is 0. The molecule has 2 heterocycles. The highest BCUT2D eigenvalue weighted by Gasteiger charge is 2.30. The van der Waals surface area contributed by atoms with Crippen molar-refractivity contribution in [3.05, 3.63) is 30.0 Å². The van der Waals surface area contributed by atoms with Crippen LogP contribution in [0.4, 0.5) is 0 Å². The van der Waals surface area contributed by atoms with E-state index in [-0.39, 0.29) is 5.41 Å². The normalized spacial score (nSPS) is 18.7. The summed E-state index contributed by atoms with van der Waals surface area (Å²) in [4.78, 5) is 2.42. The van der Waals surface area contributed by atoms with Crippen molar-refractivity contribution in [1.82, 2.24) is 14.7 Å². The Balaban J connectivity index is 1.79. The average molecular weight is 282 g/mol. The van der Waals surface area contributed by atoms with Crippen molar-refractivity contribution in [2.24, 2.45) is 5.41 Å². The van der Waals surface area contributed by atoms with Crippen LogP contribution in [-0.4, -0.2) is 27.8 Å². The van der Waals surface area contributed by atoms with Crippen LogP contribution in [0.3, 0.4) is 0 Å². The van der Waals surface area contributed by atoms with Crippen LogP contribution in [0.2, 0.25) is 0 Å². The Morgan fingerprint density at radius 1 is 1.29 bits per heavy atom. The number of likely N-dealkylation sites (tertiary alicyclic amines) is 1. The van der Waals surface area contributed by atoms with Crippen LogP contribution in [0.5, 0.6) is 0 Å². The van der Waals surface area contributed by atoms with Gasteiger partial charge in [-0.05, 0) is 32.8 Å². The van der Waals surface area contributed by atoms with E-state index < -0.39 is 0 Å². The Labute approximate surface area is 126 Å². The number of aryl methyl sites for hydroxylation is 1. The van der Waals surface area contributed by atoms with E-state index in [1.165, 1.54) is 10.9 Å². The summed E-state index contributed by atoms with van der Waals surface area (Å²) >= 11 is 0. The minimum atomic E-state index is -0.138. The molecule has 3 rings (SSSR count). The molecule has 0 radical (unpaired) electrons. The highest BCUT2D eigenvalue weighted by atomic mass is 15.3. The molecule has 0 spiro atoms. The molecule has 0 atom stereocenters. The van der Waals surface area contributed by atoms with E-state index in [0.717, 1.165) is 44.7 Å². The van der Waals surface area contributed by atoms with Crippen molar-refractivity contribution < 1.29 is 0 Å². The van der Waals surface area contributed by atoms with Crippen molar-refractivity contribution in [3.63, 3.8) is 0 Å². The standard InChI is InChI=1S/C17H22N4/c1-3-21-16-7-5-4-6-14(16)15(19-21)12-20-10-8-17(2,13-18)9-11-20/h4-7H,3,8-12H2,1-2H3. The third kappa shape index (κ3) is 2.66. The Kier molecular flexibility index (Phi) is 3.69. The zero-order valence-corrected chi connectivity index (χ0v) is 12.8. The van der Waals surface area contributed by atoms with Crippen LogP contribution in [0.15, 0.2) is 24.3 Å². The lowest BCUT2D eigenvalue weighted by atomic mass is 9.82. The van der Waals surface area contributed by atoms with Crippen molar-refractivity contribution >= 4 is 10.9 Å². The largest absolute Gasteiger partial charge is 0.297 e. The van der Waals surface area contributed by atoms with E-state index in [1.807, 2.05) is 0 Å². The number of hydrogen-bond acceptors (Lipinski definition) is 3. The lowest BCUT2D eigenvalue weighted by Gasteiger charge is -2.34. The highest BCUT2D eigenvalue weighted by Crippen LogP contribution is 2.31. The van der Waals surface area contributed by atoms with Gasteiger partial charge in [-0.15, -0.1) is 0 Å². The first-order chi connectivity index (χ1) is 10.1. The second-order valence-corrected chi connectivity index (χ2v) is 6.23. The zero-order valence-electron chi connectivity index (χ0n) is 12.8. The number of piperidine rings is 1. The molecule has 1 aromatic heterocycles. The second-order valence-electron chi connectivity index (χ2n) is 6.23. The zero-order chi connectivity index (χ0) is 14.9. The number of nitriles is 1. The Hall–Kier alpha value is -1.86. The molecular formula is C17H22N4. The summed E-state index contributed by atoms with van der Waals surface area (Å²) in [7, 11) is 0. The van der Waals surface area contributed by atoms with Gasteiger partial charge in [0, 0.05) is 31.6 Å². The molecule has 110 valence electrons. The fourth-order valence-corrected chi connectivity index (χ4v) is 3.08. The van der Waals surface area contributed by atoms with E-state index in [4.69, 9.17) is 5.10 Å². The lowest BCUT2D eigenvalue weighted by molar-refractivity contribution is 0.149. The molecule has 0 aliphatic carbocycles. The number of benzene rings is 1. The summed E-state index contributed by atoms with van der Waals surface area (Å²) in [6.45, 7) is 7.95. The maximum Gasteiger partial charge on any atom is 0.0843 e. The van der Waals surface area contributed by atoms with Crippen LogP contribution >= 0.6 is 0 Å². The van der Waals surface area contributed by atoms with Gasteiger partial charge in [0.1, 0.15) is 0 Å². The number of nitrogens with zero attached hydrogens (tertiary/aromatic N) is 4. The van der Waals surface area contributed by atoms with Gasteiger partial charge in [0.15, 0.2) is 0 Å². The second kappa shape index (κ2) is 5.50. The SMILES string of the molecule is CCn1nc(CN2CCC(C)(C#N)CC2)c2ccccc21. The predicted octanol–water partition coefficient (Wildman–Crippen LogP) is 3.18. The number of aromatic nitrogens is 2. The summed E-state index contributed by atoms with van der Waals surface area (Å²) in [5, 5.41) is 15.2. The van der Waals surface area contributed by atoms with Crippen molar-refractivity contribution in [1.29, 1.82) is 5.26 Å². The lowest BCUT2D eigenvalue weighted by Crippen LogP contribution is -2.37. The summed E-state index contributed by atoms with van der Waals surface area (Å²) in [6, 6.07) is 10.9. The molecule has 4 nitrogen and oxygen atoms in total. The molecule has 4 heteroatoms. The van der Waals surface area contributed by atoms with Gasteiger partial charge in [-0.1, -0.05) is 18.2 Å². The van der Waals surface area contributed by atoms with Crippen LogP contribution in [0.1, 0.15) is 32.4 Å². The topological polar surface area (TPSA) is 44.9 Å². The molecule has 0 amide bonds. The molecule has 1 aromatic carbocycles. The molecule has 2 aromatic rings. The quantitative estimate of drug-likeness (QED) is 0.868. The smallest absolute Gasteiger partial charge is 0.0843 e. The highest BCUT2D eigenvalue weighted by molar-refractivity contribution is 5.81. The summed E-state index contributed by atoms with van der Waals surface area (Å²) in [6.07, 6.45) is 1.91. The van der Waals surface area contributed by atoms with Crippen molar-refractivity contribution in [3.8, 4) is 6.07 Å². The van der Waals surface area contributed by atoms with E-state index in [9.17, 15) is 5.26 Å². The average Bonchev–Trinajstić information content (AvgIpc) is 2.88. The predicted molar refractivity (Wildman–Crippen MR) is 83.6 cm³/mol. The van der Waals surface area contributed by atoms with Gasteiger partial charge >= 0.3 is 0 Å². The fourth-order valence-electron chi connectivity index (χ4n) is 3.08. The molecule has 1 aliphatic heterocycles. The van der Waals surface area contributed by atoms with E-state index in [1.54, 1.807) is 0 Å². The van der Waals surface area contributed by atoms with Gasteiger partial charge in [0.25, 0.3) is 0 Å². The minimum Gasteiger partial charge on any atom is -0.297 e. The maximum atomic E-state index is 9.22. The minimum absolute atomic E-state index is 0.138.